The Balaban J connectivity index is 1.42. The zero-order valence-corrected chi connectivity index (χ0v) is 21.1. The van der Waals surface area contributed by atoms with Gasteiger partial charge in [-0.1, -0.05) is 36.1 Å². The lowest BCUT2D eigenvalue weighted by molar-refractivity contribution is 0.0342. The molecular weight excluding hydrogens is 468 g/mol. The van der Waals surface area contributed by atoms with Crippen LogP contribution in [0.4, 0.5) is 0 Å². The number of aromatic hydroxyl groups is 1. The van der Waals surface area contributed by atoms with Crippen LogP contribution in [0.2, 0.25) is 0 Å². The highest BCUT2D eigenvalue weighted by Gasteiger charge is 2.17. The van der Waals surface area contributed by atoms with Gasteiger partial charge >= 0.3 is 0 Å². The van der Waals surface area contributed by atoms with Crippen LogP contribution in [0.25, 0.3) is 0 Å². The number of ether oxygens (including phenoxy) is 1. The molecule has 1 saturated heterocycles. The molecule has 194 valence electrons. The number of nitrogens with one attached hydrogen (secondary N) is 2. The van der Waals surface area contributed by atoms with Crippen molar-refractivity contribution in [3.63, 3.8) is 0 Å². The maximum Gasteiger partial charge on any atom is 0.293 e. The minimum Gasteiger partial charge on any atom is -0.502 e. The van der Waals surface area contributed by atoms with Crippen molar-refractivity contribution in [1.82, 2.24) is 20.2 Å². The summed E-state index contributed by atoms with van der Waals surface area (Å²) in [6.45, 7) is 7.18. The van der Waals surface area contributed by atoms with Gasteiger partial charge in [0.15, 0.2) is 0 Å². The predicted molar refractivity (Wildman–Crippen MR) is 142 cm³/mol. The number of aliphatic hydroxyl groups is 1. The van der Waals surface area contributed by atoms with Crippen LogP contribution in [0, 0.1) is 11.8 Å². The highest BCUT2D eigenvalue weighted by Crippen LogP contribution is 2.23. The third-order valence-electron chi connectivity index (χ3n) is 6.37. The summed E-state index contributed by atoms with van der Waals surface area (Å²) < 4.78 is 5.41. The quantitative estimate of drug-likeness (QED) is 0.331. The first-order valence-corrected chi connectivity index (χ1v) is 12.6. The summed E-state index contributed by atoms with van der Waals surface area (Å²) in [5.74, 6) is 6.05. The molecule has 1 aliphatic heterocycles. The van der Waals surface area contributed by atoms with Crippen molar-refractivity contribution in [2.75, 3.05) is 39.4 Å². The Morgan fingerprint density at radius 3 is 2.35 bits per heavy atom. The van der Waals surface area contributed by atoms with E-state index in [0.717, 1.165) is 49.5 Å². The van der Waals surface area contributed by atoms with E-state index in [9.17, 15) is 15.0 Å². The van der Waals surface area contributed by atoms with Gasteiger partial charge in [0.25, 0.3) is 5.56 Å². The topological polar surface area (TPSA) is 111 Å². The summed E-state index contributed by atoms with van der Waals surface area (Å²) >= 11 is 0. The standard InChI is InChI=1S/C29H34N4O4/c1-21(34)17-30-18-26(16-27-28(35)29(36)32-20-31-27)25-10-8-23(9-11-25)3-2-22-4-6-24(7-5-22)19-33-12-14-37-15-13-33/h4-11,20-21,26,30,34-35H,12-19H2,1H3,(H,31,32,36)/t21-,26+/m0/s1. The number of H-pyrrole nitrogens is 1. The fourth-order valence-electron chi connectivity index (χ4n) is 4.28. The van der Waals surface area contributed by atoms with E-state index in [1.54, 1.807) is 6.92 Å². The minimum atomic E-state index is -0.555. The van der Waals surface area contributed by atoms with Crippen molar-refractivity contribution >= 4 is 0 Å². The fraction of sp³-hybridized carbons (Fsp3) is 0.379. The second-order valence-electron chi connectivity index (χ2n) is 9.39. The van der Waals surface area contributed by atoms with Crippen molar-refractivity contribution in [3.05, 3.63) is 93.2 Å². The van der Waals surface area contributed by atoms with Gasteiger partial charge in [0.1, 0.15) is 0 Å². The molecule has 0 unspecified atom stereocenters. The van der Waals surface area contributed by atoms with E-state index in [1.807, 2.05) is 24.3 Å². The molecule has 37 heavy (non-hydrogen) atoms. The van der Waals surface area contributed by atoms with Crippen LogP contribution in [0.1, 0.15) is 40.8 Å². The number of benzene rings is 2. The Bertz CT molecular complexity index is 1250. The van der Waals surface area contributed by atoms with Crippen molar-refractivity contribution in [2.24, 2.45) is 0 Å². The van der Waals surface area contributed by atoms with Gasteiger partial charge in [0.2, 0.25) is 5.75 Å². The molecule has 2 heterocycles. The molecule has 8 heteroatoms. The van der Waals surface area contributed by atoms with Gasteiger partial charge in [-0.25, -0.2) is 4.98 Å². The second-order valence-corrected chi connectivity index (χ2v) is 9.39. The third kappa shape index (κ3) is 8.00. The lowest BCUT2D eigenvalue weighted by Gasteiger charge is -2.26. The molecule has 3 aromatic rings. The molecule has 0 radical (unpaired) electrons. The summed E-state index contributed by atoms with van der Waals surface area (Å²) in [4.78, 5) is 20.7. The molecule has 4 N–H and O–H groups in total. The van der Waals surface area contributed by atoms with Crippen molar-refractivity contribution in [2.45, 2.75) is 31.9 Å². The van der Waals surface area contributed by atoms with Crippen LogP contribution in [0.5, 0.6) is 5.75 Å². The van der Waals surface area contributed by atoms with Crippen LogP contribution in [0.3, 0.4) is 0 Å². The molecule has 0 amide bonds. The first-order valence-electron chi connectivity index (χ1n) is 12.6. The van der Waals surface area contributed by atoms with Gasteiger partial charge in [0, 0.05) is 56.2 Å². The number of hydrogen-bond acceptors (Lipinski definition) is 7. The van der Waals surface area contributed by atoms with Gasteiger partial charge in [-0.15, -0.1) is 0 Å². The van der Waals surface area contributed by atoms with Gasteiger partial charge in [-0.2, -0.15) is 0 Å². The maximum atomic E-state index is 11.8. The molecule has 2 aromatic carbocycles. The second kappa shape index (κ2) is 13.2. The van der Waals surface area contributed by atoms with Crippen molar-refractivity contribution in [1.29, 1.82) is 0 Å². The first kappa shape index (κ1) is 26.6. The SMILES string of the molecule is C[C@H](O)CNC[C@@H](Cc1nc[nH]c(=O)c1O)c1ccc(C#Cc2ccc(CN3CCOCC3)cc2)cc1. The summed E-state index contributed by atoms with van der Waals surface area (Å²) in [6.07, 6.45) is 1.20. The molecule has 1 fully saturated rings. The first-order chi connectivity index (χ1) is 18.0. The van der Waals surface area contributed by atoms with E-state index >= 15 is 0 Å². The molecule has 0 saturated carbocycles. The van der Waals surface area contributed by atoms with Crippen LogP contribution in [-0.2, 0) is 17.7 Å². The lowest BCUT2D eigenvalue weighted by atomic mass is 9.93. The Hall–Kier alpha value is -3.48. The van der Waals surface area contributed by atoms with Crippen LogP contribution in [-0.4, -0.2) is 70.6 Å². The average Bonchev–Trinajstić information content (AvgIpc) is 2.91. The number of hydrogen-bond donors (Lipinski definition) is 4. The van der Waals surface area contributed by atoms with E-state index in [-0.39, 0.29) is 11.7 Å². The van der Waals surface area contributed by atoms with Crippen LogP contribution in [0.15, 0.2) is 59.7 Å². The Kier molecular flexibility index (Phi) is 9.46. The van der Waals surface area contributed by atoms with E-state index in [4.69, 9.17) is 4.74 Å². The fourth-order valence-corrected chi connectivity index (χ4v) is 4.28. The number of morpholine rings is 1. The number of aromatic amines is 1. The number of aliphatic hydroxyl groups excluding tert-OH is 1. The minimum absolute atomic E-state index is 0.0556. The average molecular weight is 503 g/mol. The highest BCUT2D eigenvalue weighted by atomic mass is 16.5. The van der Waals surface area contributed by atoms with Gasteiger partial charge in [0.05, 0.1) is 31.3 Å². The number of aromatic nitrogens is 2. The summed E-state index contributed by atoms with van der Waals surface area (Å²) in [5, 5.41) is 23.0. The molecule has 0 bridgehead atoms. The molecular formula is C29H34N4O4. The number of rotatable bonds is 9. The number of nitrogens with zero attached hydrogens (tertiary/aromatic N) is 2. The zero-order chi connectivity index (χ0) is 26.0. The third-order valence-corrected chi connectivity index (χ3v) is 6.37. The molecule has 1 aliphatic rings. The summed E-state index contributed by atoms with van der Waals surface area (Å²) in [5.41, 5.74) is 3.94. The van der Waals surface area contributed by atoms with Crippen molar-refractivity contribution in [3.8, 4) is 17.6 Å². The summed E-state index contributed by atoms with van der Waals surface area (Å²) in [7, 11) is 0. The largest absolute Gasteiger partial charge is 0.502 e. The zero-order valence-electron chi connectivity index (χ0n) is 21.1. The van der Waals surface area contributed by atoms with Gasteiger partial charge < -0.3 is 25.3 Å². The molecule has 4 rings (SSSR count). The molecule has 0 aliphatic carbocycles. The Labute approximate surface area is 217 Å². The molecule has 1 aromatic heterocycles. The normalized spacial score (nSPS) is 15.5. The van der Waals surface area contributed by atoms with Crippen LogP contribution < -0.4 is 10.9 Å². The van der Waals surface area contributed by atoms with Crippen LogP contribution >= 0.6 is 0 Å². The Morgan fingerprint density at radius 2 is 1.70 bits per heavy atom. The molecule has 2 atom stereocenters. The van der Waals surface area contributed by atoms with E-state index in [1.165, 1.54) is 11.9 Å². The Morgan fingerprint density at radius 1 is 1.05 bits per heavy atom. The monoisotopic (exact) mass is 502 g/mol. The predicted octanol–water partition coefficient (Wildman–Crippen LogP) is 2.00. The van der Waals surface area contributed by atoms with E-state index < -0.39 is 11.7 Å². The maximum absolute atomic E-state index is 11.8. The van der Waals surface area contributed by atoms with Gasteiger partial charge in [-0.3, -0.25) is 9.69 Å². The lowest BCUT2D eigenvalue weighted by Crippen LogP contribution is -2.35. The van der Waals surface area contributed by atoms with Gasteiger partial charge in [-0.05, 0) is 42.3 Å². The smallest absolute Gasteiger partial charge is 0.293 e. The highest BCUT2D eigenvalue weighted by molar-refractivity contribution is 5.44. The summed E-state index contributed by atoms with van der Waals surface area (Å²) in [6, 6.07) is 16.3. The molecule has 0 spiro atoms. The van der Waals surface area contributed by atoms with E-state index in [2.05, 4.69) is 56.3 Å². The molecule has 8 nitrogen and oxygen atoms in total. The van der Waals surface area contributed by atoms with E-state index in [0.29, 0.717) is 25.2 Å². The van der Waals surface area contributed by atoms with Crippen molar-refractivity contribution < 1.29 is 14.9 Å².